The summed E-state index contributed by atoms with van der Waals surface area (Å²) in [7, 11) is 0. The maximum absolute atomic E-state index is 11.7. The van der Waals surface area contributed by atoms with Crippen LogP contribution in [-0.4, -0.2) is 35.5 Å². The zero-order chi connectivity index (χ0) is 13.0. The molecule has 0 aliphatic carbocycles. The number of cyclic esters (lactones) is 1. The first-order valence-electron chi connectivity index (χ1n) is 6.85. The van der Waals surface area contributed by atoms with Gasteiger partial charge in [-0.1, -0.05) is 12.2 Å². The van der Waals surface area contributed by atoms with Crippen LogP contribution in [0.4, 0.5) is 0 Å². The van der Waals surface area contributed by atoms with Crippen LogP contribution in [0.1, 0.15) is 45.4 Å². The molecule has 4 heteroatoms. The molecule has 2 aliphatic rings. The zero-order valence-corrected chi connectivity index (χ0v) is 10.9. The SMILES string of the molecule is C[C@H]1CCC/C=C/[C@H]2CC[C@H](O)[C@H](CC(=O)O1)O2. The summed E-state index contributed by atoms with van der Waals surface area (Å²) in [5, 5.41) is 9.85. The number of rotatable bonds is 0. The highest BCUT2D eigenvalue weighted by molar-refractivity contribution is 5.70. The molecule has 18 heavy (non-hydrogen) atoms. The van der Waals surface area contributed by atoms with E-state index in [2.05, 4.69) is 12.2 Å². The minimum Gasteiger partial charge on any atom is -0.463 e. The number of fused-ring (bicyclic) bond motifs is 2. The summed E-state index contributed by atoms with van der Waals surface area (Å²) in [6.07, 6.45) is 7.73. The highest BCUT2D eigenvalue weighted by Gasteiger charge is 2.31. The number of ether oxygens (including phenoxy) is 2. The molecule has 0 unspecified atom stereocenters. The van der Waals surface area contributed by atoms with E-state index in [0.717, 1.165) is 25.7 Å². The van der Waals surface area contributed by atoms with Gasteiger partial charge in [-0.05, 0) is 39.0 Å². The fourth-order valence-corrected chi connectivity index (χ4v) is 2.50. The van der Waals surface area contributed by atoms with Crippen molar-refractivity contribution in [2.24, 2.45) is 0 Å². The minimum absolute atomic E-state index is 0.0306. The zero-order valence-electron chi connectivity index (χ0n) is 10.9. The van der Waals surface area contributed by atoms with E-state index in [-0.39, 0.29) is 24.6 Å². The van der Waals surface area contributed by atoms with Crippen LogP contribution in [0.5, 0.6) is 0 Å². The Morgan fingerprint density at radius 1 is 1.33 bits per heavy atom. The van der Waals surface area contributed by atoms with E-state index in [4.69, 9.17) is 9.47 Å². The van der Waals surface area contributed by atoms with Gasteiger partial charge in [0.25, 0.3) is 0 Å². The van der Waals surface area contributed by atoms with E-state index in [1.807, 2.05) is 6.92 Å². The van der Waals surface area contributed by atoms with Crippen LogP contribution in [0.15, 0.2) is 12.2 Å². The molecular weight excluding hydrogens is 232 g/mol. The lowest BCUT2D eigenvalue weighted by molar-refractivity contribution is -0.160. The molecule has 4 nitrogen and oxygen atoms in total. The summed E-state index contributed by atoms with van der Waals surface area (Å²) < 4.78 is 11.0. The monoisotopic (exact) mass is 254 g/mol. The van der Waals surface area contributed by atoms with E-state index in [0.29, 0.717) is 6.42 Å². The normalized spacial score (nSPS) is 40.2. The molecule has 102 valence electrons. The molecule has 0 saturated carbocycles. The number of hydrogen-bond acceptors (Lipinski definition) is 4. The van der Waals surface area contributed by atoms with Crippen LogP contribution < -0.4 is 0 Å². The Morgan fingerprint density at radius 2 is 2.17 bits per heavy atom. The van der Waals surface area contributed by atoms with Gasteiger partial charge in [0, 0.05) is 0 Å². The standard InChI is InChI=1S/C14H22O4/c1-10-5-3-2-4-6-11-7-8-12(15)13(18-11)9-14(16)17-10/h4,6,10-13,15H,2-3,5,7-9H2,1H3/b6-4+/t10-,11-,12-,13-/m0/s1. The third-order valence-electron chi connectivity index (χ3n) is 3.56. The Balaban J connectivity index is 2.03. The van der Waals surface area contributed by atoms with Crippen molar-refractivity contribution in [1.29, 1.82) is 0 Å². The molecule has 1 saturated heterocycles. The molecule has 1 N–H and O–H groups in total. The van der Waals surface area contributed by atoms with Crippen molar-refractivity contribution in [1.82, 2.24) is 0 Å². The van der Waals surface area contributed by atoms with Crippen LogP contribution >= 0.6 is 0 Å². The van der Waals surface area contributed by atoms with Gasteiger partial charge in [0.05, 0.1) is 30.8 Å². The molecule has 2 heterocycles. The second kappa shape index (κ2) is 6.34. The Morgan fingerprint density at radius 3 is 3.00 bits per heavy atom. The minimum atomic E-state index is -0.555. The number of carbonyl (C=O) groups is 1. The number of carbonyl (C=O) groups excluding carboxylic acids is 1. The molecule has 0 aromatic rings. The third-order valence-corrected chi connectivity index (χ3v) is 3.56. The van der Waals surface area contributed by atoms with Crippen molar-refractivity contribution >= 4 is 5.97 Å². The highest BCUT2D eigenvalue weighted by atomic mass is 16.5. The van der Waals surface area contributed by atoms with Gasteiger partial charge in [-0.3, -0.25) is 4.79 Å². The third kappa shape index (κ3) is 3.82. The van der Waals surface area contributed by atoms with Gasteiger partial charge >= 0.3 is 5.97 Å². The second-order valence-corrected chi connectivity index (χ2v) is 5.22. The van der Waals surface area contributed by atoms with Gasteiger partial charge in [0.2, 0.25) is 0 Å². The van der Waals surface area contributed by atoms with Gasteiger partial charge in [-0.25, -0.2) is 0 Å². The molecule has 2 aliphatic heterocycles. The van der Waals surface area contributed by atoms with Crippen LogP contribution in [-0.2, 0) is 14.3 Å². The highest BCUT2D eigenvalue weighted by Crippen LogP contribution is 2.24. The fraction of sp³-hybridized carbons (Fsp3) is 0.786. The Bertz CT molecular complexity index is 313. The summed E-state index contributed by atoms with van der Waals surface area (Å²) in [6, 6.07) is 0. The lowest BCUT2D eigenvalue weighted by atomic mass is 9.98. The van der Waals surface area contributed by atoms with E-state index in [9.17, 15) is 9.90 Å². The topological polar surface area (TPSA) is 55.8 Å². The van der Waals surface area contributed by atoms with E-state index in [1.165, 1.54) is 0 Å². The Kier molecular flexibility index (Phi) is 4.78. The fourth-order valence-electron chi connectivity index (χ4n) is 2.50. The molecule has 2 bridgehead atoms. The van der Waals surface area contributed by atoms with Crippen molar-refractivity contribution in [2.75, 3.05) is 0 Å². The Hall–Kier alpha value is -0.870. The number of aliphatic hydroxyl groups is 1. The summed E-state index contributed by atoms with van der Waals surface area (Å²) >= 11 is 0. The van der Waals surface area contributed by atoms with E-state index < -0.39 is 12.2 Å². The van der Waals surface area contributed by atoms with Crippen molar-refractivity contribution in [3.8, 4) is 0 Å². The molecule has 0 amide bonds. The largest absolute Gasteiger partial charge is 0.463 e. The molecule has 4 atom stereocenters. The maximum Gasteiger partial charge on any atom is 0.308 e. The lowest BCUT2D eigenvalue weighted by Gasteiger charge is -2.32. The first-order chi connectivity index (χ1) is 8.65. The van der Waals surface area contributed by atoms with Gasteiger partial charge in [-0.2, -0.15) is 0 Å². The van der Waals surface area contributed by atoms with Gasteiger partial charge in [0.1, 0.15) is 0 Å². The summed E-state index contributed by atoms with van der Waals surface area (Å²) in [5.74, 6) is -0.267. The molecule has 2 rings (SSSR count). The van der Waals surface area contributed by atoms with E-state index >= 15 is 0 Å². The number of hydrogen-bond donors (Lipinski definition) is 1. The number of esters is 1. The first-order valence-corrected chi connectivity index (χ1v) is 6.85. The Labute approximate surface area is 108 Å². The molecule has 0 aromatic carbocycles. The number of aliphatic hydroxyl groups excluding tert-OH is 1. The number of allylic oxidation sites excluding steroid dienone is 1. The quantitative estimate of drug-likeness (QED) is 0.530. The smallest absolute Gasteiger partial charge is 0.308 e. The average Bonchev–Trinajstić information content (AvgIpc) is 2.31. The average molecular weight is 254 g/mol. The lowest BCUT2D eigenvalue weighted by Crippen LogP contribution is -2.40. The van der Waals surface area contributed by atoms with Gasteiger partial charge < -0.3 is 14.6 Å². The first kappa shape index (κ1) is 13.6. The van der Waals surface area contributed by atoms with Crippen LogP contribution in [0.25, 0.3) is 0 Å². The molecule has 0 radical (unpaired) electrons. The van der Waals surface area contributed by atoms with Crippen LogP contribution in [0, 0.1) is 0 Å². The molecular formula is C14H22O4. The summed E-state index contributed by atoms with van der Waals surface area (Å²) in [5.41, 5.74) is 0. The van der Waals surface area contributed by atoms with Crippen molar-refractivity contribution in [3.05, 3.63) is 12.2 Å². The van der Waals surface area contributed by atoms with Gasteiger partial charge in [-0.15, -0.1) is 0 Å². The van der Waals surface area contributed by atoms with E-state index in [1.54, 1.807) is 0 Å². The molecule has 1 fully saturated rings. The van der Waals surface area contributed by atoms with Crippen molar-refractivity contribution < 1.29 is 19.4 Å². The van der Waals surface area contributed by atoms with Gasteiger partial charge in [0.15, 0.2) is 0 Å². The van der Waals surface area contributed by atoms with Crippen molar-refractivity contribution in [3.63, 3.8) is 0 Å². The van der Waals surface area contributed by atoms with Crippen LogP contribution in [0.2, 0.25) is 0 Å². The molecule has 0 spiro atoms. The second-order valence-electron chi connectivity index (χ2n) is 5.22. The van der Waals surface area contributed by atoms with Crippen LogP contribution in [0.3, 0.4) is 0 Å². The van der Waals surface area contributed by atoms with Crippen molar-refractivity contribution in [2.45, 2.75) is 69.9 Å². The predicted molar refractivity (Wildman–Crippen MR) is 67.1 cm³/mol. The summed E-state index contributed by atoms with van der Waals surface area (Å²) in [6.45, 7) is 1.91. The molecule has 0 aromatic heterocycles. The maximum atomic E-state index is 11.7. The predicted octanol–water partition coefficient (Wildman–Crippen LogP) is 1.96. The summed E-state index contributed by atoms with van der Waals surface area (Å²) in [4.78, 5) is 11.7.